The van der Waals surface area contributed by atoms with E-state index >= 15 is 0 Å². The van der Waals surface area contributed by atoms with Crippen LogP contribution in [0.1, 0.15) is 37.7 Å². The fraction of sp³-hybridized carbons (Fsp3) is 0.632. The van der Waals surface area contributed by atoms with Crippen LogP contribution in [0.4, 0.5) is 0 Å². The molecule has 0 aromatic heterocycles. The summed E-state index contributed by atoms with van der Waals surface area (Å²) >= 11 is 0. The molecule has 2 aliphatic rings. The summed E-state index contributed by atoms with van der Waals surface area (Å²) in [5.74, 6) is 0.674. The molecule has 0 radical (unpaired) electrons. The Balaban J connectivity index is 0.00000261. The van der Waals surface area contributed by atoms with Crippen molar-refractivity contribution in [1.29, 1.82) is 0 Å². The molecular weight excluding hydrogens is 475 g/mol. The van der Waals surface area contributed by atoms with Gasteiger partial charge in [0.2, 0.25) is 0 Å². The quantitative estimate of drug-likeness (QED) is 0.363. The van der Waals surface area contributed by atoms with Crippen LogP contribution in [0.15, 0.2) is 35.3 Å². The summed E-state index contributed by atoms with van der Waals surface area (Å²) in [4.78, 5) is 6.77. The molecule has 1 aromatic carbocycles. The number of piperidine rings is 1. The molecule has 0 bridgehead atoms. The van der Waals surface area contributed by atoms with Crippen molar-refractivity contribution in [2.24, 2.45) is 10.7 Å². The van der Waals surface area contributed by atoms with E-state index < -0.39 is 9.84 Å². The molecule has 3 rings (SSSR count). The summed E-state index contributed by atoms with van der Waals surface area (Å²) in [7, 11) is -2.99. The van der Waals surface area contributed by atoms with Crippen molar-refractivity contribution in [2.75, 3.05) is 25.4 Å². The Morgan fingerprint density at radius 1 is 1.15 bits per heavy atom. The molecule has 2 heterocycles. The number of sulfone groups is 1. The molecule has 2 fully saturated rings. The first-order valence-electron chi connectivity index (χ1n) is 9.57. The lowest BCUT2D eigenvalue weighted by Crippen LogP contribution is -2.47. The summed E-state index contributed by atoms with van der Waals surface area (Å²) in [6, 6.07) is 10.8. The summed E-state index contributed by atoms with van der Waals surface area (Å²) in [5, 5.41) is 2.92. The minimum Gasteiger partial charge on any atom is -0.370 e. The van der Waals surface area contributed by atoms with E-state index in [9.17, 15) is 8.42 Å². The monoisotopic (exact) mass is 506 g/mol. The van der Waals surface area contributed by atoms with Gasteiger partial charge < -0.3 is 11.1 Å². The number of halogens is 1. The third-order valence-corrected chi connectivity index (χ3v) is 7.62. The van der Waals surface area contributed by atoms with Gasteiger partial charge in [-0.2, -0.15) is 0 Å². The second-order valence-corrected chi connectivity index (χ2v) is 9.79. The number of benzene rings is 1. The normalized spacial score (nSPS) is 24.1. The van der Waals surface area contributed by atoms with E-state index in [2.05, 4.69) is 39.5 Å². The Hall–Kier alpha value is -0.870. The number of nitrogens with zero attached hydrogens (tertiary/aromatic N) is 2. The minimum atomic E-state index is -2.99. The highest BCUT2D eigenvalue weighted by molar-refractivity contribution is 14.0. The van der Waals surface area contributed by atoms with Gasteiger partial charge in [-0.1, -0.05) is 36.8 Å². The Morgan fingerprint density at radius 2 is 1.85 bits per heavy atom. The molecule has 2 saturated heterocycles. The summed E-state index contributed by atoms with van der Waals surface area (Å²) < 4.78 is 24.1. The lowest BCUT2D eigenvalue weighted by Gasteiger charge is -2.32. The SMILES string of the molecule is I.NC(=NCC1CCCCS1(=O)=O)NC1CCN(Cc2ccccc2)CC1. The summed E-state index contributed by atoms with van der Waals surface area (Å²) in [6.45, 7) is 3.32. The number of likely N-dealkylation sites (tertiary alicyclic amines) is 1. The Morgan fingerprint density at radius 3 is 2.52 bits per heavy atom. The summed E-state index contributed by atoms with van der Waals surface area (Å²) in [6.07, 6.45) is 4.48. The molecule has 1 unspecified atom stereocenters. The Bertz CT molecular complexity index is 704. The van der Waals surface area contributed by atoms with Gasteiger partial charge in [0.1, 0.15) is 0 Å². The molecule has 3 N–H and O–H groups in total. The number of nitrogens with two attached hydrogens (primary N) is 1. The molecular formula is C19H31IN4O2S. The van der Waals surface area contributed by atoms with Crippen LogP contribution in [0.5, 0.6) is 0 Å². The smallest absolute Gasteiger partial charge is 0.188 e. The van der Waals surface area contributed by atoms with Crippen molar-refractivity contribution in [1.82, 2.24) is 10.2 Å². The van der Waals surface area contributed by atoms with Gasteiger partial charge >= 0.3 is 0 Å². The molecule has 0 spiro atoms. The van der Waals surface area contributed by atoms with Crippen LogP contribution in [0.2, 0.25) is 0 Å². The van der Waals surface area contributed by atoms with E-state index in [0.29, 0.717) is 24.2 Å². The predicted molar refractivity (Wildman–Crippen MR) is 121 cm³/mol. The minimum absolute atomic E-state index is 0. The number of guanidine groups is 1. The molecule has 152 valence electrons. The van der Waals surface area contributed by atoms with E-state index in [1.54, 1.807) is 0 Å². The first kappa shape index (κ1) is 22.4. The second-order valence-electron chi connectivity index (χ2n) is 7.39. The molecule has 0 aliphatic carbocycles. The van der Waals surface area contributed by atoms with Crippen molar-refractivity contribution in [3.05, 3.63) is 35.9 Å². The first-order chi connectivity index (χ1) is 12.5. The maximum Gasteiger partial charge on any atom is 0.188 e. The van der Waals surface area contributed by atoms with Crippen LogP contribution < -0.4 is 11.1 Å². The van der Waals surface area contributed by atoms with Crippen molar-refractivity contribution >= 4 is 39.8 Å². The highest BCUT2D eigenvalue weighted by atomic mass is 127. The standard InChI is InChI=1S/C19H30N4O2S.HI/c20-19(21-14-18-8-4-5-13-26(18,24)25)22-17-9-11-23(12-10-17)15-16-6-2-1-3-7-16;/h1-3,6-7,17-18H,4-5,8-15H2,(H3,20,21,22);1H. The van der Waals surface area contributed by atoms with Gasteiger partial charge in [0.25, 0.3) is 0 Å². The molecule has 2 aliphatic heterocycles. The van der Waals surface area contributed by atoms with Crippen LogP contribution in [0.25, 0.3) is 0 Å². The zero-order chi connectivity index (χ0) is 18.4. The summed E-state index contributed by atoms with van der Waals surface area (Å²) in [5.41, 5.74) is 7.34. The van der Waals surface area contributed by atoms with Crippen molar-refractivity contribution in [3.8, 4) is 0 Å². The maximum atomic E-state index is 12.0. The second kappa shape index (κ2) is 10.6. The van der Waals surface area contributed by atoms with E-state index in [1.807, 2.05) is 6.07 Å². The van der Waals surface area contributed by atoms with Gasteiger partial charge in [-0.3, -0.25) is 9.89 Å². The van der Waals surface area contributed by atoms with Crippen molar-refractivity contribution in [3.63, 3.8) is 0 Å². The van der Waals surface area contributed by atoms with Gasteiger partial charge in [0.15, 0.2) is 15.8 Å². The molecule has 6 nitrogen and oxygen atoms in total. The molecule has 0 amide bonds. The van der Waals surface area contributed by atoms with Gasteiger partial charge in [-0.05, 0) is 31.2 Å². The average molecular weight is 506 g/mol. The van der Waals surface area contributed by atoms with Crippen LogP contribution in [-0.4, -0.2) is 56.0 Å². The molecule has 27 heavy (non-hydrogen) atoms. The van der Waals surface area contributed by atoms with E-state index in [4.69, 9.17) is 5.73 Å². The number of nitrogens with one attached hydrogen (secondary N) is 1. The first-order valence-corrected chi connectivity index (χ1v) is 11.3. The Labute approximate surface area is 179 Å². The van der Waals surface area contributed by atoms with E-state index in [-0.39, 0.29) is 35.8 Å². The highest BCUT2D eigenvalue weighted by Gasteiger charge is 2.28. The predicted octanol–water partition coefficient (Wildman–Crippen LogP) is 2.14. The van der Waals surface area contributed by atoms with Crippen molar-refractivity contribution in [2.45, 2.75) is 49.9 Å². The number of hydrogen-bond acceptors (Lipinski definition) is 4. The van der Waals surface area contributed by atoms with Crippen molar-refractivity contribution < 1.29 is 8.42 Å². The van der Waals surface area contributed by atoms with Crippen LogP contribution >= 0.6 is 24.0 Å². The number of aliphatic imine (C=N–C) groups is 1. The lowest BCUT2D eigenvalue weighted by molar-refractivity contribution is 0.199. The van der Waals surface area contributed by atoms with Gasteiger partial charge in [-0.15, -0.1) is 24.0 Å². The third kappa shape index (κ3) is 6.90. The zero-order valence-corrected chi connectivity index (χ0v) is 18.9. The maximum absolute atomic E-state index is 12.0. The highest BCUT2D eigenvalue weighted by Crippen LogP contribution is 2.19. The van der Waals surface area contributed by atoms with Gasteiger partial charge in [0.05, 0.1) is 17.5 Å². The fourth-order valence-corrected chi connectivity index (χ4v) is 5.53. The topological polar surface area (TPSA) is 87.8 Å². The molecule has 1 atom stereocenters. The number of hydrogen-bond donors (Lipinski definition) is 2. The van der Waals surface area contributed by atoms with E-state index in [0.717, 1.165) is 45.3 Å². The molecule has 0 saturated carbocycles. The third-order valence-electron chi connectivity index (χ3n) is 5.37. The molecule has 1 aromatic rings. The van der Waals surface area contributed by atoms with Crippen LogP contribution in [-0.2, 0) is 16.4 Å². The van der Waals surface area contributed by atoms with Crippen LogP contribution in [0.3, 0.4) is 0 Å². The van der Waals surface area contributed by atoms with E-state index in [1.165, 1.54) is 5.56 Å². The lowest BCUT2D eigenvalue weighted by atomic mass is 10.0. The van der Waals surface area contributed by atoms with Gasteiger partial charge in [-0.25, -0.2) is 8.42 Å². The van der Waals surface area contributed by atoms with Crippen LogP contribution in [0, 0.1) is 0 Å². The van der Waals surface area contributed by atoms with Gasteiger partial charge in [0, 0.05) is 25.7 Å². The Kier molecular flexibility index (Phi) is 8.81. The fourth-order valence-electron chi connectivity index (χ4n) is 3.76. The largest absolute Gasteiger partial charge is 0.370 e. The number of rotatable bonds is 5. The average Bonchev–Trinajstić information content (AvgIpc) is 2.63. The molecule has 8 heteroatoms. The zero-order valence-electron chi connectivity index (χ0n) is 15.7.